The van der Waals surface area contributed by atoms with E-state index in [0.29, 0.717) is 12.1 Å². The van der Waals surface area contributed by atoms with Crippen LogP contribution in [0.2, 0.25) is 0 Å². The number of benzene rings is 3. The summed E-state index contributed by atoms with van der Waals surface area (Å²) in [4.78, 5) is 23.3. The van der Waals surface area contributed by atoms with Gasteiger partial charge in [-0.05, 0) is 60.4 Å². The second kappa shape index (κ2) is 11.0. The molecule has 5 rings (SSSR count). The summed E-state index contributed by atoms with van der Waals surface area (Å²) in [6.07, 6.45) is 3.24. The molecule has 0 saturated carbocycles. The predicted octanol–water partition coefficient (Wildman–Crippen LogP) is 6.90. The van der Waals surface area contributed by atoms with Gasteiger partial charge < -0.3 is 20.7 Å². The van der Waals surface area contributed by atoms with Crippen LogP contribution in [-0.2, 0) is 11.3 Å². The van der Waals surface area contributed by atoms with Gasteiger partial charge >= 0.3 is 5.97 Å². The van der Waals surface area contributed by atoms with Crippen molar-refractivity contribution in [2.45, 2.75) is 26.4 Å². The largest absolute Gasteiger partial charge is 0.478 e. The molecule has 3 aromatic carbocycles. The van der Waals surface area contributed by atoms with E-state index in [0.717, 1.165) is 44.9 Å². The summed E-state index contributed by atoms with van der Waals surface area (Å²) < 4.78 is 0. The van der Waals surface area contributed by atoms with Crippen LogP contribution in [0.25, 0.3) is 28.4 Å². The van der Waals surface area contributed by atoms with Gasteiger partial charge in [0.1, 0.15) is 17.8 Å². The quantitative estimate of drug-likeness (QED) is 0.163. The van der Waals surface area contributed by atoms with Crippen LogP contribution in [0.3, 0.4) is 0 Å². The Kier molecular flexibility index (Phi) is 7.17. The Morgan fingerprint density at radius 2 is 1.74 bits per heavy atom. The second-order valence-corrected chi connectivity index (χ2v) is 9.25. The summed E-state index contributed by atoms with van der Waals surface area (Å²) in [6.45, 7) is 4.37. The molecule has 0 radical (unpaired) electrons. The smallest absolute Gasteiger partial charge is 0.331 e. The molecule has 0 unspecified atom stereocenters. The SMILES string of the molecule is C/C(=C\c1ccc(CNc2ccc(-c3cc4c(N[C@H](C)c5ccccc5)ncnc4[nH]3)cc2)cc1)C(=O)O. The van der Waals surface area contributed by atoms with Crippen molar-refractivity contribution in [3.63, 3.8) is 0 Å². The number of aromatic nitrogens is 3. The van der Waals surface area contributed by atoms with E-state index in [1.165, 1.54) is 5.56 Å². The molecular weight excluding hydrogens is 474 g/mol. The van der Waals surface area contributed by atoms with E-state index in [-0.39, 0.29) is 6.04 Å². The van der Waals surface area contributed by atoms with Crippen molar-refractivity contribution in [3.05, 3.63) is 114 Å². The molecule has 0 aliphatic rings. The third-order valence-corrected chi connectivity index (χ3v) is 6.47. The molecule has 1 atom stereocenters. The van der Waals surface area contributed by atoms with Crippen molar-refractivity contribution in [3.8, 4) is 11.3 Å². The third-order valence-electron chi connectivity index (χ3n) is 6.47. The highest BCUT2D eigenvalue weighted by Crippen LogP contribution is 2.29. The van der Waals surface area contributed by atoms with Gasteiger partial charge in [-0.1, -0.05) is 66.7 Å². The van der Waals surface area contributed by atoms with Gasteiger partial charge in [0.05, 0.1) is 5.39 Å². The number of rotatable bonds is 9. The lowest BCUT2D eigenvalue weighted by atomic mass is 10.1. The van der Waals surface area contributed by atoms with Crippen LogP contribution >= 0.6 is 0 Å². The minimum absolute atomic E-state index is 0.111. The number of hydrogen-bond donors (Lipinski definition) is 4. The first-order valence-electron chi connectivity index (χ1n) is 12.5. The van der Waals surface area contributed by atoms with Gasteiger partial charge in [0, 0.05) is 29.5 Å². The Morgan fingerprint density at radius 1 is 1.00 bits per heavy atom. The zero-order valence-corrected chi connectivity index (χ0v) is 21.3. The minimum atomic E-state index is -0.908. The van der Waals surface area contributed by atoms with Crippen LogP contribution in [0.4, 0.5) is 11.5 Å². The maximum atomic E-state index is 11.0. The Hall–Kier alpha value is -4.91. The topological polar surface area (TPSA) is 103 Å². The number of aromatic amines is 1. The van der Waals surface area contributed by atoms with Gasteiger partial charge in [0.25, 0.3) is 0 Å². The molecule has 0 fully saturated rings. The summed E-state index contributed by atoms with van der Waals surface area (Å²) in [7, 11) is 0. The van der Waals surface area contributed by atoms with E-state index in [1.807, 2.05) is 42.5 Å². The molecule has 0 aliphatic heterocycles. The van der Waals surface area contributed by atoms with Gasteiger partial charge in [0.2, 0.25) is 0 Å². The fourth-order valence-corrected chi connectivity index (χ4v) is 4.26. The predicted molar refractivity (Wildman–Crippen MR) is 153 cm³/mol. The molecule has 2 heterocycles. The van der Waals surface area contributed by atoms with Crippen molar-refractivity contribution >= 4 is 34.6 Å². The Bertz CT molecular complexity index is 1570. The molecule has 0 saturated heterocycles. The molecule has 0 spiro atoms. The Balaban J connectivity index is 1.25. The Labute approximate surface area is 221 Å². The molecule has 190 valence electrons. The van der Waals surface area contributed by atoms with Crippen LogP contribution < -0.4 is 10.6 Å². The lowest BCUT2D eigenvalue weighted by molar-refractivity contribution is -0.132. The van der Waals surface area contributed by atoms with Crippen molar-refractivity contribution < 1.29 is 9.90 Å². The van der Waals surface area contributed by atoms with E-state index in [1.54, 1.807) is 19.3 Å². The molecule has 2 aromatic heterocycles. The van der Waals surface area contributed by atoms with Crippen LogP contribution in [0.1, 0.15) is 36.6 Å². The normalized spacial score (nSPS) is 12.3. The molecule has 0 aliphatic carbocycles. The first-order chi connectivity index (χ1) is 18.5. The number of H-pyrrole nitrogens is 1. The lowest BCUT2D eigenvalue weighted by Crippen LogP contribution is -2.08. The summed E-state index contributed by atoms with van der Waals surface area (Å²) in [5, 5.41) is 16.9. The van der Waals surface area contributed by atoms with Crippen LogP contribution in [0.15, 0.2) is 96.8 Å². The van der Waals surface area contributed by atoms with Gasteiger partial charge in [-0.2, -0.15) is 0 Å². The third kappa shape index (κ3) is 5.73. The number of nitrogens with zero attached hydrogens (tertiary/aromatic N) is 2. The molecule has 0 amide bonds. The average Bonchev–Trinajstić information content (AvgIpc) is 3.39. The number of carboxylic acids is 1. The molecule has 7 heteroatoms. The van der Waals surface area contributed by atoms with E-state index in [9.17, 15) is 4.79 Å². The zero-order valence-electron chi connectivity index (χ0n) is 21.3. The van der Waals surface area contributed by atoms with Crippen molar-refractivity contribution in [2.75, 3.05) is 10.6 Å². The monoisotopic (exact) mass is 503 g/mol. The van der Waals surface area contributed by atoms with Crippen molar-refractivity contribution in [2.24, 2.45) is 0 Å². The van der Waals surface area contributed by atoms with Gasteiger partial charge in [-0.3, -0.25) is 0 Å². The minimum Gasteiger partial charge on any atom is -0.478 e. The van der Waals surface area contributed by atoms with Gasteiger partial charge in [-0.25, -0.2) is 14.8 Å². The number of nitrogens with one attached hydrogen (secondary N) is 3. The van der Waals surface area contributed by atoms with Crippen LogP contribution in [0, 0.1) is 0 Å². The number of aliphatic carboxylic acids is 1. The fourth-order valence-electron chi connectivity index (χ4n) is 4.26. The fraction of sp³-hybridized carbons (Fsp3) is 0.129. The van der Waals surface area contributed by atoms with Crippen LogP contribution in [0.5, 0.6) is 0 Å². The molecule has 38 heavy (non-hydrogen) atoms. The number of hydrogen-bond acceptors (Lipinski definition) is 5. The van der Waals surface area contributed by atoms with Crippen molar-refractivity contribution in [1.29, 1.82) is 0 Å². The number of anilines is 2. The summed E-state index contributed by atoms with van der Waals surface area (Å²) in [6, 6.07) is 28.6. The number of fused-ring (bicyclic) bond motifs is 1. The zero-order chi connectivity index (χ0) is 26.5. The van der Waals surface area contributed by atoms with E-state index in [2.05, 4.69) is 75.0 Å². The first-order valence-corrected chi connectivity index (χ1v) is 12.5. The molecule has 4 N–H and O–H groups in total. The highest BCUT2D eigenvalue weighted by atomic mass is 16.4. The molecule has 7 nitrogen and oxygen atoms in total. The van der Waals surface area contributed by atoms with Gasteiger partial charge in [-0.15, -0.1) is 0 Å². The molecule has 0 bridgehead atoms. The lowest BCUT2D eigenvalue weighted by Gasteiger charge is -2.15. The molecular formula is C31H29N5O2. The van der Waals surface area contributed by atoms with E-state index < -0.39 is 5.97 Å². The first kappa shape index (κ1) is 24.8. The van der Waals surface area contributed by atoms with Crippen molar-refractivity contribution in [1.82, 2.24) is 15.0 Å². The second-order valence-electron chi connectivity index (χ2n) is 9.25. The highest BCUT2D eigenvalue weighted by Gasteiger charge is 2.12. The summed E-state index contributed by atoms with van der Waals surface area (Å²) in [5.41, 5.74) is 7.31. The summed E-state index contributed by atoms with van der Waals surface area (Å²) in [5.74, 6) is -0.110. The average molecular weight is 504 g/mol. The van der Waals surface area contributed by atoms with E-state index in [4.69, 9.17) is 5.11 Å². The summed E-state index contributed by atoms with van der Waals surface area (Å²) >= 11 is 0. The maximum Gasteiger partial charge on any atom is 0.331 e. The van der Waals surface area contributed by atoms with Gasteiger partial charge in [0.15, 0.2) is 0 Å². The maximum absolute atomic E-state index is 11.0. The van der Waals surface area contributed by atoms with E-state index >= 15 is 0 Å². The Morgan fingerprint density at radius 3 is 2.45 bits per heavy atom. The van der Waals surface area contributed by atoms with Crippen LogP contribution in [-0.4, -0.2) is 26.0 Å². The standard InChI is InChI=1S/C31H29N5O2/c1-20(31(37)38)16-22-8-10-23(11-9-22)18-32-26-14-12-25(13-15-26)28-17-27-29(33-19-34-30(27)36-28)35-21(2)24-6-4-3-5-7-24/h3-17,19,21,32H,18H2,1-2H3,(H,37,38)(H2,33,34,35,36)/b20-16+/t21-/m1/s1. The molecule has 5 aromatic rings. The number of carboxylic acid groups (broad SMARTS) is 1. The number of carbonyl (C=O) groups is 1. The highest BCUT2D eigenvalue weighted by molar-refractivity contribution is 5.92.